The van der Waals surface area contributed by atoms with Crippen molar-refractivity contribution in [3.63, 3.8) is 0 Å². The number of Topliss-reactive ketones (excluding diaryl/α,β-unsaturated/α-hetero) is 1. The summed E-state index contributed by atoms with van der Waals surface area (Å²) in [6.45, 7) is 3.57. The quantitative estimate of drug-likeness (QED) is 0.211. The first-order valence-electron chi connectivity index (χ1n) is 13.0. The number of rotatable bonds is 9. The fourth-order valence-corrected chi connectivity index (χ4v) is 4.39. The van der Waals surface area contributed by atoms with Crippen LogP contribution in [0.2, 0.25) is 0 Å². The maximum atomic E-state index is 13.5. The van der Waals surface area contributed by atoms with Crippen molar-refractivity contribution in [3.05, 3.63) is 88.7 Å². The van der Waals surface area contributed by atoms with Gasteiger partial charge in [0.15, 0.2) is 5.78 Å². The number of carbonyl (C=O) groups is 3. The zero-order valence-electron chi connectivity index (χ0n) is 23.1. The molecule has 0 saturated heterocycles. The number of aromatic nitrogens is 7. The molecule has 0 aliphatic heterocycles. The molecule has 0 fully saturated rings. The number of alkyl halides is 3. The SMILES string of the molecule is CCCC(=O)c1cc(-c2cn(-c3cc(C)cc(C(=O)O)c3)nn2)nc(-c2cn(-c3cc(C(=O)O)cc(C(F)(F)F)c3)nn2)c1. The summed E-state index contributed by atoms with van der Waals surface area (Å²) in [6, 6.07) is 9.92. The van der Waals surface area contributed by atoms with Crippen molar-refractivity contribution >= 4 is 17.7 Å². The van der Waals surface area contributed by atoms with Gasteiger partial charge in [-0.05, 0) is 67.4 Å². The molecule has 0 aliphatic carbocycles. The average molecular weight is 606 g/mol. The lowest BCUT2D eigenvalue weighted by molar-refractivity contribution is -0.137. The molecule has 0 saturated carbocycles. The first-order chi connectivity index (χ1) is 20.8. The molecule has 2 aromatic carbocycles. The second kappa shape index (κ2) is 11.5. The van der Waals surface area contributed by atoms with E-state index >= 15 is 0 Å². The molecule has 0 atom stereocenters. The number of pyridine rings is 1. The third-order valence-corrected chi connectivity index (χ3v) is 6.47. The number of aryl methyl sites for hydroxylation is 1. The number of hydrogen-bond acceptors (Lipinski definition) is 8. The lowest BCUT2D eigenvalue weighted by atomic mass is 10.0. The predicted molar refractivity (Wildman–Crippen MR) is 148 cm³/mol. The Balaban J connectivity index is 1.58. The van der Waals surface area contributed by atoms with Crippen molar-refractivity contribution in [2.45, 2.75) is 32.9 Å². The smallest absolute Gasteiger partial charge is 0.416 e. The number of halogens is 3. The van der Waals surface area contributed by atoms with E-state index in [1.165, 1.54) is 41.3 Å². The van der Waals surface area contributed by atoms with E-state index in [2.05, 4.69) is 25.6 Å². The van der Waals surface area contributed by atoms with Crippen LogP contribution in [0.4, 0.5) is 13.2 Å². The number of carboxylic acid groups (broad SMARTS) is 2. The fraction of sp³-hybridized carbons (Fsp3) is 0.172. The highest BCUT2D eigenvalue weighted by Gasteiger charge is 2.32. The summed E-state index contributed by atoms with van der Waals surface area (Å²) in [5.41, 5.74) is 0.185. The van der Waals surface area contributed by atoms with E-state index in [-0.39, 0.29) is 51.8 Å². The van der Waals surface area contributed by atoms with Gasteiger partial charge in [0.1, 0.15) is 11.4 Å². The maximum absolute atomic E-state index is 13.5. The standard InChI is InChI=1S/C29H22F3N7O5/c1-3-4-26(40)16-10-22(24-13-38(36-34-24)20-6-15(2)5-17(8-20)27(41)42)33-23(11-16)25-14-39(37-35-25)21-9-18(28(43)44)7-19(12-21)29(30,31)32/h5-14H,3-4H2,1-2H3,(H,41,42)(H,43,44). The van der Waals surface area contributed by atoms with Crippen LogP contribution in [0, 0.1) is 6.92 Å². The summed E-state index contributed by atoms with van der Waals surface area (Å²) in [4.78, 5) is 40.4. The van der Waals surface area contributed by atoms with Gasteiger partial charge in [-0.2, -0.15) is 13.2 Å². The number of hydrogen-bond donors (Lipinski definition) is 2. The molecule has 3 aromatic heterocycles. The van der Waals surface area contributed by atoms with Gasteiger partial charge in [-0.1, -0.05) is 17.4 Å². The second-order valence-electron chi connectivity index (χ2n) is 9.83. The normalized spacial score (nSPS) is 11.5. The minimum absolute atomic E-state index is 0.0592. The molecule has 12 nitrogen and oxygen atoms in total. The molecule has 0 spiro atoms. The first kappa shape index (κ1) is 29.8. The Morgan fingerprint density at radius 2 is 1.25 bits per heavy atom. The summed E-state index contributed by atoms with van der Waals surface area (Å²) in [6.07, 6.45) is -1.24. The zero-order chi connectivity index (χ0) is 31.8. The minimum Gasteiger partial charge on any atom is -0.478 e. The topological polar surface area (TPSA) is 166 Å². The van der Waals surface area contributed by atoms with Crippen LogP contribution in [-0.2, 0) is 6.18 Å². The molecular weight excluding hydrogens is 583 g/mol. The highest BCUT2D eigenvalue weighted by Crippen LogP contribution is 2.32. The monoisotopic (exact) mass is 605 g/mol. The third kappa shape index (κ3) is 6.21. The zero-order valence-corrected chi connectivity index (χ0v) is 23.1. The molecule has 0 bridgehead atoms. The van der Waals surface area contributed by atoms with Crippen molar-refractivity contribution in [1.82, 2.24) is 35.0 Å². The Morgan fingerprint density at radius 3 is 1.75 bits per heavy atom. The maximum Gasteiger partial charge on any atom is 0.416 e. The van der Waals surface area contributed by atoms with Crippen LogP contribution in [0.25, 0.3) is 34.2 Å². The highest BCUT2D eigenvalue weighted by molar-refractivity contribution is 5.97. The molecule has 5 aromatic rings. The van der Waals surface area contributed by atoms with Gasteiger partial charge >= 0.3 is 18.1 Å². The Bertz CT molecular complexity index is 1930. The molecule has 0 aliphatic rings. The van der Waals surface area contributed by atoms with E-state index in [0.29, 0.717) is 23.7 Å². The van der Waals surface area contributed by atoms with Gasteiger partial charge < -0.3 is 10.2 Å². The number of nitrogens with zero attached hydrogens (tertiary/aromatic N) is 7. The Labute approximate surface area is 246 Å². The summed E-state index contributed by atoms with van der Waals surface area (Å²) >= 11 is 0. The van der Waals surface area contributed by atoms with Crippen molar-refractivity contribution in [2.24, 2.45) is 0 Å². The van der Waals surface area contributed by atoms with Crippen molar-refractivity contribution in [2.75, 3.05) is 0 Å². The third-order valence-electron chi connectivity index (χ3n) is 6.47. The van der Waals surface area contributed by atoms with Crippen LogP contribution in [0.5, 0.6) is 0 Å². The van der Waals surface area contributed by atoms with E-state index in [9.17, 15) is 37.8 Å². The molecule has 44 heavy (non-hydrogen) atoms. The first-order valence-corrected chi connectivity index (χ1v) is 13.0. The van der Waals surface area contributed by atoms with Gasteiger partial charge in [-0.3, -0.25) is 4.79 Å². The van der Waals surface area contributed by atoms with Gasteiger partial charge in [0.2, 0.25) is 0 Å². The molecule has 5 rings (SSSR count). The average Bonchev–Trinajstić information content (AvgIpc) is 3.67. The van der Waals surface area contributed by atoms with E-state index in [1.807, 2.05) is 6.92 Å². The van der Waals surface area contributed by atoms with E-state index in [4.69, 9.17) is 0 Å². The van der Waals surface area contributed by atoms with Crippen LogP contribution in [0.3, 0.4) is 0 Å². The number of carboxylic acids is 2. The lowest BCUT2D eigenvalue weighted by Gasteiger charge is -2.10. The van der Waals surface area contributed by atoms with Gasteiger partial charge in [-0.15, -0.1) is 10.2 Å². The number of aromatic carboxylic acids is 2. The summed E-state index contributed by atoms with van der Waals surface area (Å²) in [5, 5.41) is 34.9. The van der Waals surface area contributed by atoms with Crippen LogP contribution in [0.1, 0.15) is 62.0 Å². The van der Waals surface area contributed by atoms with Crippen molar-refractivity contribution < 1.29 is 37.8 Å². The Kier molecular flexibility index (Phi) is 7.78. The van der Waals surface area contributed by atoms with Gasteiger partial charge in [0.25, 0.3) is 0 Å². The van der Waals surface area contributed by atoms with Crippen molar-refractivity contribution in [1.29, 1.82) is 0 Å². The molecule has 0 unspecified atom stereocenters. The molecule has 3 heterocycles. The minimum atomic E-state index is -4.81. The fourth-order valence-electron chi connectivity index (χ4n) is 4.39. The van der Waals surface area contributed by atoms with E-state index in [0.717, 1.165) is 16.8 Å². The Hall–Kier alpha value is -5.73. The van der Waals surface area contributed by atoms with E-state index in [1.54, 1.807) is 13.0 Å². The Morgan fingerprint density at radius 1 is 0.727 bits per heavy atom. The van der Waals surface area contributed by atoms with Gasteiger partial charge in [0.05, 0.1) is 51.8 Å². The number of benzene rings is 2. The lowest BCUT2D eigenvalue weighted by Crippen LogP contribution is -2.10. The summed E-state index contributed by atoms with van der Waals surface area (Å²) in [5.74, 6) is -2.86. The summed E-state index contributed by atoms with van der Waals surface area (Å²) < 4.78 is 42.7. The molecule has 224 valence electrons. The van der Waals surface area contributed by atoms with Crippen molar-refractivity contribution in [3.8, 4) is 34.2 Å². The molecule has 0 radical (unpaired) electrons. The molecule has 2 N–H and O–H groups in total. The largest absolute Gasteiger partial charge is 0.478 e. The molecule has 0 amide bonds. The van der Waals surface area contributed by atoms with Crippen LogP contribution in [-0.4, -0.2) is 62.9 Å². The molecular formula is C29H22F3N7O5. The predicted octanol–water partition coefficient (Wildman–Crippen LogP) is 5.28. The molecule has 15 heteroatoms. The summed E-state index contributed by atoms with van der Waals surface area (Å²) in [7, 11) is 0. The second-order valence-corrected chi connectivity index (χ2v) is 9.83. The number of carbonyl (C=O) groups excluding carboxylic acids is 1. The number of ketones is 1. The highest BCUT2D eigenvalue weighted by atomic mass is 19.4. The van der Waals surface area contributed by atoms with Crippen LogP contribution in [0.15, 0.2) is 60.9 Å². The van der Waals surface area contributed by atoms with Crippen LogP contribution >= 0.6 is 0 Å². The van der Waals surface area contributed by atoms with Gasteiger partial charge in [0, 0.05) is 12.0 Å². The van der Waals surface area contributed by atoms with E-state index < -0.39 is 29.2 Å². The van der Waals surface area contributed by atoms with Gasteiger partial charge in [-0.25, -0.2) is 23.9 Å². The van der Waals surface area contributed by atoms with Crippen LogP contribution < -0.4 is 0 Å².